The van der Waals surface area contributed by atoms with E-state index in [2.05, 4.69) is 44.5 Å². The molecule has 0 aromatic carbocycles. The molecule has 1 aliphatic rings. The quantitative estimate of drug-likeness (QED) is 0.687. The van der Waals surface area contributed by atoms with Gasteiger partial charge >= 0.3 is 0 Å². The molecule has 1 aliphatic heterocycles. The fraction of sp³-hybridized carbons (Fsp3) is 1.00. The lowest BCUT2D eigenvalue weighted by Gasteiger charge is -2.34. The van der Waals surface area contributed by atoms with Crippen LogP contribution in [-0.2, 0) is 0 Å². The summed E-state index contributed by atoms with van der Waals surface area (Å²) >= 11 is 0. The van der Waals surface area contributed by atoms with E-state index in [-0.39, 0.29) is 0 Å². The van der Waals surface area contributed by atoms with E-state index in [1.165, 1.54) is 52.0 Å². The summed E-state index contributed by atoms with van der Waals surface area (Å²) in [7, 11) is 2.25. The van der Waals surface area contributed by atoms with Gasteiger partial charge < -0.3 is 9.80 Å². The average Bonchev–Trinajstić information content (AvgIpc) is 2.28. The van der Waals surface area contributed by atoms with E-state index in [0.29, 0.717) is 0 Å². The highest BCUT2D eigenvalue weighted by atomic mass is 15.1. The second-order valence-electron chi connectivity index (χ2n) is 6.93. The molecule has 0 bridgehead atoms. The molecular weight excluding hydrogens is 220 g/mol. The summed E-state index contributed by atoms with van der Waals surface area (Å²) in [5, 5.41) is 0. The van der Waals surface area contributed by atoms with Crippen molar-refractivity contribution in [3.05, 3.63) is 0 Å². The van der Waals surface area contributed by atoms with Crippen LogP contribution in [0.4, 0.5) is 0 Å². The maximum Gasteiger partial charge on any atom is 0.000134 e. The van der Waals surface area contributed by atoms with Gasteiger partial charge in [-0.3, -0.25) is 0 Å². The van der Waals surface area contributed by atoms with E-state index in [9.17, 15) is 0 Å². The number of piperidine rings is 1. The van der Waals surface area contributed by atoms with Crippen molar-refractivity contribution in [1.82, 2.24) is 9.80 Å². The van der Waals surface area contributed by atoms with Gasteiger partial charge in [-0.15, -0.1) is 0 Å². The second kappa shape index (κ2) is 8.16. The van der Waals surface area contributed by atoms with E-state index in [0.717, 1.165) is 17.8 Å². The van der Waals surface area contributed by atoms with E-state index in [4.69, 9.17) is 0 Å². The molecule has 1 heterocycles. The predicted molar refractivity (Wildman–Crippen MR) is 81.0 cm³/mol. The fourth-order valence-electron chi connectivity index (χ4n) is 3.12. The maximum absolute atomic E-state index is 2.67. The van der Waals surface area contributed by atoms with Gasteiger partial charge in [0.1, 0.15) is 0 Å². The monoisotopic (exact) mass is 254 g/mol. The number of rotatable bonds is 7. The lowest BCUT2D eigenvalue weighted by Crippen LogP contribution is -2.37. The van der Waals surface area contributed by atoms with Gasteiger partial charge in [-0.1, -0.05) is 27.7 Å². The molecule has 0 spiro atoms. The van der Waals surface area contributed by atoms with Crippen molar-refractivity contribution < 1.29 is 0 Å². The molecule has 0 aromatic rings. The smallest absolute Gasteiger partial charge is 0.000134 e. The molecule has 0 N–H and O–H groups in total. The lowest BCUT2D eigenvalue weighted by molar-refractivity contribution is 0.150. The molecule has 2 nitrogen and oxygen atoms in total. The summed E-state index contributed by atoms with van der Waals surface area (Å²) in [6.45, 7) is 15.8. The molecule has 108 valence electrons. The first-order valence-corrected chi connectivity index (χ1v) is 7.90. The minimum absolute atomic E-state index is 0.789. The number of nitrogens with zero attached hydrogens (tertiary/aromatic N) is 2. The molecule has 0 unspecified atom stereocenters. The summed E-state index contributed by atoms with van der Waals surface area (Å²) in [5.74, 6) is 2.64. The molecular formula is C16H34N2. The van der Waals surface area contributed by atoms with E-state index in [1.54, 1.807) is 0 Å². The molecule has 0 saturated carbocycles. The van der Waals surface area contributed by atoms with Crippen molar-refractivity contribution in [3.63, 3.8) is 0 Å². The summed E-state index contributed by atoms with van der Waals surface area (Å²) in [4.78, 5) is 5.15. The molecule has 0 amide bonds. The van der Waals surface area contributed by atoms with Crippen LogP contribution in [0.3, 0.4) is 0 Å². The minimum atomic E-state index is 0.789. The van der Waals surface area contributed by atoms with Crippen molar-refractivity contribution in [1.29, 1.82) is 0 Å². The van der Waals surface area contributed by atoms with Gasteiger partial charge in [0.15, 0.2) is 0 Å². The van der Waals surface area contributed by atoms with Crippen LogP contribution in [0, 0.1) is 17.8 Å². The molecule has 0 aromatic heterocycles. The van der Waals surface area contributed by atoms with Crippen molar-refractivity contribution in [2.45, 2.75) is 47.0 Å². The van der Waals surface area contributed by atoms with Gasteiger partial charge in [0.2, 0.25) is 0 Å². The Balaban J connectivity index is 2.07. The molecule has 1 fully saturated rings. The van der Waals surface area contributed by atoms with Gasteiger partial charge in [-0.25, -0.2) is 0 Å². The Labute approximate surface area is 115 Å². The van der Waals surface area contributed by atoms with Crippen molar-refractivity contribution in [3.8, 4) is 0 Å². The lowest BCUT2D eigenvalue weighted by atomic mass is 9.87. The first-order valence-electron chi connectivity index (χ1n) is 7.90. The minimum Gasteiger partial charge on any atom is -0.306 e. The molecule has 0 radical (unpaired) electrons. The summed E-state index contributed by atoms with van der Waals surface area (Å²) in [6, 6.07) is 0. The second-order valence-corrected chi connectivity index (χ2v) is 6.93. The topological polar surface area (TPSA) is 6.48 Å². The van der Waals surface area contributed by atoms with E-state index < -0.39 is 0 Å². The zero-order valence-corrected chi connectivity index (χ0v) is 13.3. The van der Waals surface area contributed by atoms with Gasteiger partial charge in [0.25, 0.3) is 0 Å². The Morgan fingerprint density at radius 3 is 2.22 bits per heavy atom. The van der Waals surface area contributed by atoms with Crippen molar-refractivity contribution in [2.24, 2.45) is 17.8 Å². The Morgan fingerprint density at radius 1 is 1.11 bits per heavy atom. The van der Waals surface area contributed by atoms with E-state index >= 15 is 0 Å². The van der Waals surface area contributed by atoms with Crippen LogP contribution in [0.5, 0.6) is 0 Å². The Morgan fingerprint density at radius 2 is 1.72 bits per heavy atom. The molecule has 18 heavy (non-hydrogen) atoms. The number of hydrogen-bond acceptors (Lipinski definition) is 2. The first-order chi connectivity index (χ1) is 8.49. The largest absolute Gasteiger partial charge is 0.306 e. The SMILES string of the molecule is CC(C)CN(C)CCCN1CCC(C(C)C)CC1. The molecule has 1 rings (SSSR count). The van der Waals surface area contributed by atoms with Crippen LogP contribution in [0.1, 0.15) is 47.0 Å². The molecule has 1 saturated heterocycles. The number of likely N-dealkylation sites (tertiary alicyclic amines) is 1. The maximum atomic E-state index is 2.67. The van der Waals surface area contributed by atoms with Crippen LogP contribution in [0.25, 0.3) is 0 Å². The summed E-state index contributed by atoms with van der Waals surface area (Å²) in [5.41, 5.74) is 0. The third kappa shape index (κ3) is 6.19. The Hall–Kier alpha value is -0.0800. The molecule has 2 heteroatoms. The van der Waals surface area contributed by atoms with Crippen LogP contribution in [-0.4, -0.2) is 49.6 Å². The summed E-state index contributed by atoms with van der Waals surface area (Å²) in [6.07, 6.45) is 4.16. The molecule has 0 aliphatic carbocycles. The highest BCUT2D eigenvalue weighted by Gasteiger charge is 2.20. The normalized spacial score (nSPS) is 19.3. The predicted octanol–water partition coefficient (Wildman–Crippen LogP) is 3.33. The van der Waals surface area contributed by atoms with Gasteiger partial charge in [0.05, 0.1) is 0 Å². The Bertz CT molecular complexity index is 205. The Kier molecular flexibility index (Phi) is 7.25. The zero-order chi connectivity index (χ0) is 13.5. The van der Waals surface area contributed by atoms with Gasteiger partial charge in [0, 0.05) is 6.54 Å². The molecule has 0 atom stereocenters. The fourth-order valence-corrected chi connectivity index (χ4v) is 3.12. The van der Waals surface area contributed by atoms with Crippen molar-refractivity contribution >= 4 is 0 Å². The van der Waals surface area contributed by atoms with Crippen LogP contribution in [0.15, 0.2) is 0 Å². The third-order valence-electron chi connectivity index (χ3n) is 4.27. The highest BCUT2D eigenvalue weighted by molar-refractivity contribution is 4.74. The van der Waals surface area contributed by atoms with Crippen LogP contribution in [0.2, 0.25) is 0 Å². The zero-order valence-electron chi connectivity index (χ0n) is 13.3. The van der Waals surface area contributed by atoms with E-state index in [1.807, 2.05) is 0 Å². The third-order valence-corrected chi connectivity index (χ3v) is 4.27. The van der Waals surface area contributed by atoms with Gasteiger partial charge in [-0.05, 0) is 70.2 Å². The van der Waals surface area contributed by atoms with Crippen LogP contribution >= 0.6 is 0 Å². The average molecular weight is 254 g/mol. The van der Waals surface area contributed by atoms with Gasteiger partial charge in [-0.2, -0.15) is 0 Å². The van der Waals surface area contributed by atoms with Crippen molar-refractivity contribution in [2.75, 3.05) is 39.8 Å². The number of hydrogen-bond donors (Lipinski definition) is 0. The van der Waals surface area contributed by atoms with Crippen LogP contribution < -0.4 is 0 Å². The highest BCUT2D eigenvalue weighted by Crippen LogP contribution is 2.24. The summed E-state index contributed by atoms with van der Waals surface area (Å²) < 4.78 is 0. The standard InChI is InChI=1S/C16H34N2/c1-14(2)13-17(5)9-6-10-18-11-7-16(8-12-18)15(3)4/h14-16H,6-13H2,1-5H3. The first kappa shape index (κ1) is 16.0.